The van der Waals surface area contributed by atoms with E-state index in [0.717, 1.165) is 50.1 Å². The lowest BCUT2D eigenvalue weighted by atomic mass is 9.92. The van der Waals surface area contributed by atoms with E-state index < -0.39 is 6.09 Å². The molecule has 6 N–H and O–H groups in total. The van der Waals surface area contributed by atoms with Crippen LogP contribution in [-0.2, 0) is 38.8 Å². The summed E-state index contributed by atoms with van der Waals surface area (Å²) in [5.74, 6) is 13.6. The number of aromatic amines is 1. The highest BCUT2D eigenvalue weighted by molar-refractivity contribution is 6.07. The van der Waals surface area contributed by atoms with Gasteiger partial charge in [0.15, 0.2) is 0 Å². The summed E-state index contributed by atoms with van der Waals surface area (Å²) in [5, 5.41) is 5.06. The van der Waals surface area contributed by atoms with Crippen LogP contribution >= 0.6 is 0 Å². The Kier molecular flexibility index (Phi) is 10.8. The molecule has 0 bridgehead atoms. The van der Waals surface area contributed by atoms with Crippen LogP contribution in [0.3, 0.4) is 0 Å². The molecule has 4 amide bonds. The van der Waals surface area contributed by atoms with Gasteiger partial charge in [-0.1, -0.05) is 32.0 Å². The van der Waals surface area contributed by atoms with Crippen molar-refractivity contribution in [2.45, 2.75) is 59.4 Å². The van der Waals surface area contributed by atoms with Crippen LogP contribution in [0.4, 0.5) is 4.79 Å². The van der Waals surface area contributed by atoms with Gasteiger partial charge in [0, 0.05) is 23.5 Å². The Morgan fingerprint density at radius 3 is 2.66 bits per heavy atom. The van der Waals surface area contributed by atoms with Gasteiger partial charge >= 0.3 is 6.09 Å². The van der Waals surface area contributed by atoms with Crippen LogP contribution in [0, 0.1) is 0 Å². The van der Waals surface area contributed by atoms with Crippen molar-refractivity contribution in [3.63, 3.8) is 0 Å². The number of methoxy groups -OCH3 is 1. The summed E-state index contributed by atoms with van der Waals surface area (Å²) in [5.41, 5.74) is 6.12. The zero-order valence-electron chi connectivity index (χ0n) is 30.2. The molecule has 1 aliphatic rings. The molecule has 0 fully saturated rings. The second-order valence-corrected chi connectivity index (χ2v) is 13.0. The number of ether oxygens (including phenoxy) is 2. The Labute approximate surface area is 305 Å². The number of nitrogens with one attached hydrogen (secondary N) is 2. The van der Waals surface area contributed by atoms with Crippen molar-refractivity contribution >= 4 is 46.1 Å². The highest BCUT2D eigenvalue weighted by atomic mass is 16.5. The molecule has 53 heavy (non-hydrogen) atoms. The van der Waals surface area contributed by atoms with Gasteiger partial charge in [-0.05, 0) is 66.1 Å². The average molecular weight is 725 g/mol. The quantitative estimate of drug-likeness (QED) is 0.0568. The van der Waals surface area contributed by atoms with Crippen molar-refractivity contribution in [2.24, 2.45) is 5.84 Å². The molecule has 0 radical (unpaired) electrons. The van der Waals surface area contributed by atoms with E-state index in [0.29, 0.717) is 54.4 Å². The fourth-order valence-corrected chi connectivity index (χ4v) is 6.54. The van der Waals surface area contributed by atoms with E-state index in [9.17, 15) is 19.2 Å². The number of imidazole rings is 2. The number of benzene rings is 3. The van der Waals surface area contributed by atoms with Crippen molar-refractivity contribution in [3.8, 4) is 28.1 Å². The van der Waals surface area contributed by atoms with Gasteiger partial charge in [-0.3, -0.25) is 19.4 Å². The van der Waals surface area contributed by atoms with Crippen molar-refractivity contribution in [2.75, 3.05) is 32.6 Å². The number of nitrogens with zero attached hydrogens (tertiary/aromatic N) is 6. The largest absolute Gasteiger partial charge is 0.488 e. The fraction of sp³-hybridized carbons (Fsp3) is 0.351. The van der Waals surface area contributed by atoms with Crippen LogP contribution in [0.15, 0.2) is 48.7 Å². The first-order valence-corrected chi connectivity index (χ1v) is 17.4. The van der Waals surface area contributed by atoms with E-state index in [1.54, 1.807) is 16.0 Å². The second kappa shape index (κ2) is 15.6. The standard InChI is InChI=1S/C37H44N10O6/c1-5-11-44(34(49)16-41-37(51)52-4)17-32-40-15-30(42-32)24-7-9-26-25(12-24)20-53-31-14-27-23(13-28(26)31)8-10-29-36(27)47(39)33(43-29)18-46(22(3)6-2)35(50)19-45(38)21-48/h7-10,12-15,21-22H,5-6,11,16-20,38-39H2,1-4H3,(H,40,42)(H,41,51)/t22-/m0/s1. The van der Waals surface area contributed by atoms with Gasteiger partial charge in [0.1, 0.15) is 37.1 Å². The van der Waals surface area contributed by atoms with Gasteiger partial charge in [0.25, 0.3) is 0 Å². The molecule has 0 saturated heterocycles. The number of rotatable bonds is 14. The third-order valence-corrected chi connectivity index (χ3v) is 9.52. The van der Waals surface area contributed by atoms with Gasteiger partial charge in [-0.2, -0.15) is 0 Å². The van der Waals surface area contributed by atoms with Crippen molar-refractivity contribution in [3.05, 3.63) is 65.9 Å². The summed E-state index contributed by atoms with van der Waals surface area (Å²) in [6, 6.07) is 14.0. The molecular formula is C37H44N10O6. The third kappa shape index (κ3) is 7.58. The smallest absolute Gasteiger partial charge is 0.407 e. The molecule has 278 valence electrons. The fourth-order valence-electron chi connectivity index (χ4n) is 6.54. The Hall–Kier alpha value is -6.16. The number of aromatic nitrogens is 4. The van der Waals surface area contributed by atoms with Crippen LogP contribution in [0.5, 0.6) is 5.75 Å². The van der Waals surface area contributed by atoms with Crippen LogP contribution in [0.25, 0.3) is 44.2 Å². The summed E-state index contributed by atoms with van der Waals surface area (Å²) in [4.78, 5) is 64.2. The first kappa shape index (κ1) is 36.6. The molecule has 16 nitrogen and oxygen atoms in total. The number of hydrazine groups is 1. The number of hydrogen-bond donors (Lipinski definition) is 4. The zero-order valence-corrected chi connectivity index (χ0v) is 30.2. The summed E-state index contributed by atoms with van der Waals surface area (Å²) in [7, 11) is 1.25. The van der Waals surface area contributed by atoms with Crippen molar-refractivity contribution < 1.29 is 28.7 Å². The molecule has 1 aliphatic heterocycles. The maximum Gasteiger partial charge on any atom is 0.407 e. The maximum atomic E-state index is 13.1. The molecule has 0 unspecified atom stereocenters. The van der Waals surface area contributed by atoms with E-state index in [1.807, 2.05) is 45.0 Å². The van der Waals surface area contributed by atoms with Crippen LogP contribution in [-0.4, -0.2) is 91.5 Å². The van der Waals surface area contributed by atoms with Crippen molar-refractivity contribution in [1.82, 2.24) is 39.8 Å². The summed E-state index contributed by atoms with van der Waals surface area (Å²) in [6.45, 7) is 6.74. The molecule has 3 aromatic carbocycles. The topological polar surface area (TPSA) is 207 Å². The zero-order chi connectivity index (χ0) is 37.8. The number of carbonyl (C=O) groups excluding carboxylic acids is 4. The van der Waals surface area contributed by atoms with E-state index >= 15 is 0 Å². The minimum Gasteiger partial charge on any atom is -0.488 e. The van der Waals surface area contributed by atoms with E-state index in [1.165, 1.54) is 11.8 Å². The number of nitrogen functional groups attached to an aromatic ring is 1. The highest BCUT2D eigenvalue weighted by Gasteiger charge is 2.25. The lowest BCUT2D eigenvalue weighted by molar-refractivity contribution is -0.138. The van der Waals surface area contributed by atoms with Gasteiger partial charge in [0.2, 0.25) is 18.2 Å². The Morgan fingerprint density at radius 1 is 1.11 bits per heavy atom. The Bertz CT molecular complexity index is 2180. The number of alkyl carbamates (subject to hydrolysis) is 1. The van der Waals surface area contributed by atoms with Crippen LogP contribution in [0.1, 0.15) is 50.8 Å². The number of hydrogen-bond acceptors (Lipinski definition) is 10. The number of H-pyrrole nitrogens is 1. The molecule has 3 heterocycles. The molecule has 1 atom stereocenters. The lowest BCUT2D eigenvalue weighted by Crippen LogP contribution is -2.46. The van der Waals surface area contributed by atoms with Crippen molar-refractivity contribution in [1.29, 1.82) is 0 Å². The Morgan fingerprint density at radius 2 is 1.92 bits per heavy atom. The highest BCUT2D eigenvalue weighted by Crippen LogP contribution is 2.42. The molecule has 0 spiro atoms. The van der Waals surface area contributed by atoms with E-state index in [-0.39, 0.29) is 44.0 Å². The third-order valence-electron chi connectivity index (χ3n) is 9.52. The summed E-state index contributed by atoms with van der Waals surface area (Å²) < 4.78 is 12.4. The number of amides is 4. The first-order chi connectivity index (χ1) is 25.5. The predicted molar refractivity (Wildman–Crippen MR) is 198 cm³/mol. The van der Waals surface area contributed by atoms with Crippen LogP contribution in [0.2, 0.25) is 0 Å². The van der Waals surface area contributed by atoms with E-state index in [4.69, 9.17) is 21.4 Å². The van der Waals surface area contributed by atoms with Gasteiger partial charge in [-0.25, -0.2) is 25.3 Å². The molecular weight excluding hydrogens is 680 g/mol. The number of fused-ring (bicyclic) bond motifs is 6. The first-order valence-electron chi connectivity index (χ1n) is 17.4. The molecule has 5 aromatic rings. The maximum absolute atomic E-state index is 13.1. The normalized spacial score (nSPS) is 12.4. The second-order valence-electron chi connectivity index (χ2n) is 13.0. The number of nitrogens with two attached hydrogens (primary N) is 2. The molecule has 2 aromatic heterocycles. The number of carbonyl (C=O) groups is 4. The predicted octanol–water partition coefficient (Wildman–Crippen LogP) is 3.41. The van der Waals surface area contributed by atoms with Gasteiger partial charge in [0.05, 0.1) is 43.1 Å². The Balaban J connectivity index is 1.25. The summed E-state index contributed by atoms with van der Waals surface area (Å²) in [6.07, 6.45) is 2.94. The molecule has 6 rings (SSSR count). The molecule has 0 saturated carbocycles. The lowest BCUT2D eigenvalue weighted by Gasteiger charge is -2.29. The minimum atomic E-state index is -0.662. The van der Waals surface area contributed by atoms with E-state index in [2.05, 4.69) is 38.2 Å². The molecule has 0 aliphatic carbocycles. The SMILES string of the molecule is CCCN(Cc1ncc(-c2ccc3c(c2)COc2cc4c(ccc5nc(CN(C(=O)CN(N)C=O)[C@@H](C)CC)n(N)c54)cc2-3)[nH]1)C(=O)CNC(=O)OC. The minimum absolute atomic E-state index is 0.134. The average Bonchev–Trinajstić information content (AvgIpc) is 3.77. The van der Waals surface area contributed by atoms with Gasteiger partial charge in [-0.15, -0.1) is 0 Å². The van der Waals surface area contributed by atoms with Gasteiger partial charge < -0.3 is 35.4 Å². The summed E-state index contributed by atoms with van der Waals surface area (Å²) >= 11 is 0. The van der Waals surface area contributed by atoms with Crippen LogP contribution < -0.4 is 21.7 Å². The monoisotopic (exact) mass is 724 g/mol. The molecule has 16 heteroatoms.